The Balaban J connectivity index is 1.92. The third kappa shape index (κ3) is 4.29. The van der Waals surface area contributed by atoms with E-state index in [0.29, 0.717) is 22.2 Å². The van der Waals surface area contributed by atoms with Crippen molar-refractivity contribution in [3.8, 4) is 0 Å². The Kier molecular flexibility index (Phi) is 5.03. The van der Waals surface area contributed by atoms with Crippen molar-refractivity contribution in [1.29, 1.82) is 0 Å². The van der Waals surface area contributed by atoms with Crippen molar-refractivity contribution in [1.82, 2.24) is 4.72 Å². The van der Waals surface area contributed by atoms with Crippen LogP contribution in [0.15, 0.2) is 29.2 Å². The monoisotopic (exact) mass is 345 g/mol. The number of hydrogen-bond acceptors (Lipinski definition) is 2. The smallest absolute Gasteiger partial charge is 0.211 e. The lowest BCUT2D eigenvalue weighted by atomic mass is 9.89. The first kappa shape index (κ1) is 15.0. The molecule has 106 valence electrons. The van der Waals surface area contributed by atoms with Gasteiger partial charge in [0, 0.05) is 11.4 Å². The maximum Gasteiger partial charge on any atom is 0.240 e. The maximum absolute atomic E-state index is 12.1. The Morgan fingerprint density at radius 1 is 1.16 bits per heavy atom. The fourth-order valence-electron chi connectivity index (χ4n) is 2.35. The molecule has 0 heterocycles. The number of halogens is 1. The van der Waals surface area contributed by atoms with Crippen LogP contribution < -0.4 is 4.72 Å². The molecule has 1 saturated carbocycles. The van der Waals surface area contributed by atoms with E-state index in [1.807, 2.05) is 19.1 Å². The SMILES string of the molecule is Cc1ccc(S(=O)(=O)NCC2CCC(Br)CC2)cc1. The van der Waals surface area contributed by atoms with Gasteiger partial charge in [-0.1, -0.05) is 33.6 Å². The summed E-state index contributed by atoms with van der Waals surface area (Å²) >= 11 is 3.61. The molecule has 1 aliphatic carbocycles. The number of rotatable bonds is 4. The molecule has 0 atom stereocenters. The zero-order chi connectivity index (χ0) is 13.9. The summed E-state index contributed by atoms with van der Waals surface area (Å²) in [6.07, 6.45) is 4.45. The fraction of sp³-hybridized carbons (Fsp3) is 0.571. The van der Waals surface area contributed by atoms with Crippen molar-refractivity contribution in [3.05, 3.63) is 29.8 Å². The molecule has 0 bridgehead atoms. The molecular formula is C14H20BrNO2S. The maximum atomic E-state index is 12.1. The summed E-state index contributed by atoms with van der Waals surface area (Å²) < 4.78 is 27.0. The fourth-order valence-corrected chi connectivity index (χ4v) is 4.00. The topological polar surface area (TPSA) is 46.2 Å². The van der Waals surface area contributed by atoms with Crippen molar-refractivity contribution < 1.29 is 8.42 Å². The standard InChI is InChI=1S/C14H20BrNO2S/c1-11-2-8-14(9-3-11)19(17,18)16-10-12-4-6-13(15)7-5-12/h2-3,8-9,12-13,16H,4-7,10H2,1H3. The van der Waals surface area contributed by atoms with E-state index in [-0.39, 0.29) is 0 Å². The van der Waals surface area contributed by atoms with Crippen LogP contribution in [0.25, 0.3) is 0 Å². The number of hydrogen-bond donors (Lipinski definition) is 1. The van der Waals surface area contributed by atoms with Gasteiger partial charge in [0.1, 0.15) is 0 Å². The van der Waals surface area contributed by atoms with Gasteiger partial charge in [-0.3, -0.25) is 0 Å². The minimum Gasteiger partial charge on any atom is -0.211 e. The number of benzene rings is 1. The van der Waals surface area contributed by atoms with Gasteiger partial charge >= 0.3 is 0 Å². The molecule has 1 aromatic carbocycles. The van der Waals surface area contributed by atoms with E-state index in [0.717, 1.165) is 31.2 Å². The number of sulfonamides is 1. The Labute approximate surface area is 124 Å². The summed E-state index contributed by atoms with van der Waals surface area (Å²) in [5, 5.41) is 0. The quantitative estimate of drug-likeness (QED) is 0.851. The first-order valence-electron chi connectivity index (χ1n) is 6.68. The van der Waals surface area contributed by atoms with E-state index in [9.17, 15) is 8.42 Å². The molecule has 0 saturated heterocycles. The summed E-state index contributed by atoms with van der Waals surface area (Å²) in [7, 11) is -3.35. The van der Waals surface area contributed by atoms with Crippen LogP contribution in [0.3, 0.4) is 0 Å². The van der Waals surface area contributed by atoms with Gasteiger partial charge in [0.2, 0.25) is 10.0 Å². The molecule has 19 heavy (non-hydrogen) atoms. The van der Waals surface area contributed by atoms with Crippen molar-refractivity contribution in [2.75, 3.05) is 6.54 Å². The van der Waals surface area contributed by atoms with Crippen LogP contribution in [0.1, 0.15) is 31.2 Å². The minimum absolute atomic E-state index is 0.354. The van der Waals surface area contributed by atoms with Crippen molar-refractivity contribution in [2.24, 2.45) is 5.92 Å². The number of alkyl halides is 1. The molecule has 1 aromatic rings. The summed E-state index contributed by atoms with van der Waals surface area (Å²) in [6, 6.07) is 6.97. The van der Waals surface area contributed by atoms with Crippen LogP contribution in [0.4, 0.5) is 0 Å². The lowest BCUT2D eigenvalue weighted by Crippen LogP contribution is -2.31. The molecule has 0 radical (unpaired) electrons. The number of aryl methyl sites for hydroxylation is 1. The van der Waals surface area contributed by atoms with E-state index in [2.05, 4.69) is 20.7 Å². The molecule has 3 nitrogen and oxygen atoms in total. The van der Waals surface area contributed by atoms with Gasteiger partial charge in [0.05, 0.1) is 4.90 Å². The Morgan fingerprint density at radius 3 is 2.32 bits per heavy atom. The summed E-state index contributed by atoms with van der Waals surface area (Å²) in [5.41, 5.74) is 1.06. The van der Waals surface area contributed by atoms with Gasteiger partial charge in [0.15, 0.2) is 0 Å². The Hall–Kier alpha value is -0.390. The Morgan fingerprint density at radius 2 is 1.74 bits per heavy atom. The van der Waals surface area contributed by atoms with Crippen LogP contribution in [-0.2, 0) is 10.0 Å². The molecule has 1 fully saturated rings. The second-order valence-electron chi connectivity index (χ2n) is 5.28. The summed E-state index contributed by atoms with van der Waals surface area (Å²) in [6.45, 7) is 2.50. The van der Waals surface area contributed by atoms with Crippen LogP contribution in [0, 0.1) is 12.8 Å². The van der Waals surface area contributed by atoms with Gasteiger partial charge in [-0.25, -0.2) is 13.1 Å². The van der Waals surface area contributed by atoms with Crippen LogP contribution in [0.2, 0.25) is 0 Å². The first-order chi connectivity index (χ1) is 8.97. The van der Waals surface area contributed by atoms with Gasteiger partial charge < -0.3 is 0 Å². The third-order valence-corrected chi connectivity index (χ3v) is 6.02. The normalized spacial score (nSPS) is 24.3. The molecule has 0 aliphatic heterocycles. The predicted molar refractivity (Wildman–Crippen MR) is 81.0 cm³/mol. The van der Waals surface area contributed by atoms with Gasteiger partial charge in [-0.2, -0.15) is 0 Å². The zero-order valence-electron chi connectivity index (χ0n) is 11.1. The largest absolute Gasteiger partial charge is 0.240 e. The van der Waals surface area contributed by atoms with E-state index in [4.69, 9.17) is 0 Å². The highest BCUT2D eigenvalue weighted by Gasteiger charge is 2.21. The van der Waals surface area contributed by atoms with E-state index in [1.54, 1.807) is 12.1 Å². The van der Waals surface area contributed by atoms with E-state index in [1.165, 1.54) is 0 Å². The average molecular weight is 346 g/mol. The van der Waals surface area contributed by atoms with E-state index < -0.39 is 10.0 Å². The highest BCUT2D eigenvalue weighted by Crippen LogP contribution is 2.28. The van der Waals surface area contributed by atoms with Crippen LogP contribution in [0.5, 0.6) is 0 Å². The Bertz CT molecular complexity index is 505. The molecule has 5 heteroatoms. The molecule has 0 spiro atoms. The average Bonchev–Trinajstić information content (AvgIpc) is 2.39. The van der Waals surface area contributed by atoms with Gasteiger partial charge in [0.25, 0.3) is 0 Å². The van der Waals surface area contributed by atoms with Crippen LogP contribution in [-0.4, -0.2) is 19.8 Å². The van der Waals surface area contributed by atoms with Crippen LogP contribution >= 0.6 is 15.9 Å². The molecule has 0 unspecified atom stereocenters. The first-order valence-corrected chi connectivity index (χ1v) is 9.07. The van der Waals surface area contributed by atoms with Crippen molar-refractivity contribution in [2.45, 2.75) is 42.3 Å². The van der Waals surface area contributed by atoms with Gasteiger partial charge in [-0.15, -0.1) is 0 Å². The predicted octanol–water partition coefficient (Wildman–Crippen LogP) is 3.23. The third-order valence-electron chi connectivity index (χ3n) is 3.67. The lowest BCUT2D eigenvalue weighted by Gasteiger charge is -2.25. The lowest BCUT2D eigenvalue weighted by molar-refractivity contribution is 0.366. The summed E-state index contributed by atoms with van der Waals surface area (Å²) in [5.74, 6) is 0.467. The van der Waals surface area contributed by atoms with Gasteiger partial charge in [-0.05, 0) is 50.7 Å². The molecule has 1 N–H and O–H groups in total. The summed E-state index contributed by atoms with van der Waals surface area (Å²) in [4.78, 5) is 0.963. The molecule has 1 aliphatic rings. The number of nitrogens with one attached hydrogen (secondary N) is 1. The highest BCUT2D eigenvalue weighted by atomic mass is 79.9. The van der Waals surface area contributed by atoms with Crippen molar-refractivity contribution >= 4 is 26.0 Å². The molecule has 0 aromatic heterocycles. The minimum atomic E-state index is -3.35. The highest BCUT2D eigenvalue weighted by molar-refractivity contribution is 9.09. The molecular weight excluding hydrogens is 326 g/mol. The molecule has 2 rings (SSSR count). The second-order valence-corrected chi connectivity index (χ2v) is 8.34. The van der Waals surface area contributed by atoms with E-state index >= 15 is 0 Å². The van der Waals surface area contributed by atoms with Crippen molar-refractivity contribution in [3.63, 3.8) is 0 Å². The second kappa shape index (κ2) is 6.37. The molecule has 0 amide bonds. The zero-order valence-corrected chi connectivity index (χ0v) is 13.5.